The second kappa shape index (κ2) is 8.09. The molecule has 3 aromatic heterocycles. The molecule has 128 valence electrons. The van der Waals surface area contributed by atoms with Gasteiger partial charge in [-0.15, -0.1) is 23.7 Å². The zero-order chi connectivity index (χ0) is 16.2. The summed E-state index contributed by atoms with van der Waals surface area (Å²) in [5.74, 6) is 0.615. The molecule has 3 aromatic rings. The largest absolute Gasteiger partial charge is 0.462 e. The number of halogens is 1. The fourth-order valence-corrected chi connectivity index (χ4v) is 3.01. The van der Waals surface area contributed by atoms with Crippen molar-refractivity contribution in [3.8, 4) is 10.8 Å². The molecule has 0 radical (unpaired) electrons. The first-order chi connectivity index (χ1) is 11.2. The van der Waals surface area contributed by atoms with E-state index >= 15 is 0 Å². The molecule has 0 aliphatic heterocycles. The van der Waals surface area contributed by atoms with Crippen LogP contribution >= 0.6 is 23.7 Å². The zero-order valence-corrected chi connectivity index (χ0v) is 14.9. The van der Waals surface area contributed by atoms with Crippen LogP contribution in [0.25, 0.3) is 10.8 Å². The van der Waals surface area contributed by atoms with Crippen molar-refractivity contribution >= 4 is 29.7 Å². The SMILES string of the molecule is CNC(C(=O)NCc1csc(-c2ccco2)n1)c1cnn(C)c1.Cl. The van der Waals surface area contributed by atoms with E-state index in [2.05, 4.69) is 20.7 Å². The molecule has 1 atom stereocenters. The number of nitrogens with zero attached hydrogens (tertiary/aromatic N) is 3. The van der Waals surface area contributed by atoms with Crippen LogP contribution in [-0.2, 0) is 18.4 Å². The molecule has 0 fully saturated rings. The van der Waals surface area contributed by atoms with Gasteiger partial charge in [0.1, 0.15) is 6.04 Å². The molecule has 1 unspecified atom stereocenters. The normalized spacial score (nSPS) is 11.8. The fraction of sp³-hybridized carbons (Fsp3) is 0.267. The van der Waals surface area contributed by atoms with Crippen LogP contribution < -0.4 is 10.6 Å². The Kier molecular flexibility index (Phi) is 6.13. The van der Waals surface area contributed by atoms with E-state index in [9.17, 15) is 4.79 Å². The highest BCUT2D eigenvalue weighted by atomic mass is 35.5. The molecular weight excluding hydrogens is 350 g/mol. The van der Waals surface area contributed by atoms with Crippen LogP contribution in [-0.4, -0.2) is 27.7 Å². The van der Waals surface area contributed by atoms with Gasteiger partial charge in [0.05, 0.1) is 24.7 Å². The summed E-state index contributed by atoms with van der Waals surface area (Å²) in [6.07, 6.45) is 5.11. The molecule has 0 bridgehead atoms. The average Bonchev–Trinajstić information content (AvgIpc) is 3.27. The standard InChI is InChI=1S/C15H17N5O2S.ClH/c1-16-13(10-6-18-20(2)8-10)14(21)17-7-11-9-23-15(19-11)12-4-3-5-22-12;/h3-6,8-9,13,16H,7H2,1-2H3,(H,17,21);1H. The van der Waals surface area contributed by atoms with Crippen LogP contribution in [0, 0.1) is 0 Å². The number of furan rings is 1. The van der Waals surface area contributed by atoms with Gasteiger partial charge in [0.15, 0.2) is 10.8 Å². The van der Waals surface area contributed by atoms with Crippen molar-refractivity contribution in [3.05, 3.63) is 47.4 Å². The highest BCUT2D eigenvalue weighted by molar-refractivity contribution is 7.13. The number of nitrogens with one attached hydrogen (secondary N) is 2. The molecule has 7 nitrogen and oxygen atoms in total. The van der Waals surface area contributed by atoms with Crippen LogP contribution in [0.2, 0.25) is 0 Å². The molecule has 0 aliphatic carbocycles. The summed E-state index contributed by atoms with van der Waals surface area (Å²) in [5, 5.41) is 12.7. The van der Waals surface area contributed by atoms with E-state index in [1.165, 1.54) is 11.3 Å². The fourth-order valence-electron chi connectivity index (χ4n) is 2.22. The Bertz CT molecular complexity index is 784. The lowest BCUT2D eigenvalue weighted by Crippen LogP contribution is -2.35. The second-order valence-corrected chi connectivity index (χ2v) is 5.87. The molecule has 0 saturated carbocycles. The Morgan fingerprint density at radius 2 is 2.33 bits per heavy atom. The summed E-state index contributed by atoms with van der Waals surface area (Å²) < 4.78 is 6.99. The Morgan fingerprint density at radius 1 is 1.50 bits per heavy atom. The van der Waals surface area contributed by atoms with Crippen molar-refractivity contribution in [2.45, 2.75) is 12.6 Å². The molecule has 0 spiro atoms. The van der Waals surface area contributed by atoms with Crippen molar-refractivity contribution in [2.24, 2.45) is 7.05 Å². The molecular formula is C15H18ClN5O2S. The van der Waals surface area contributed by atoms with Crippen molar-refractivity contribution in [3.63, 3.8) is 0 Å². The highest BCUT2D eigenvalue weighted by Crippen LogP contribution is 2.23. The third kappa shape index (κ3) is 4.02. The quantitative estimate of drug-likeness (QED) is 0.697. The molecule has 3 rings (SSSR count). The van der Waals surface area contributed by atoms with Gasteiger partial charge in [-0.2, -0.15) is 5.10 Å². The van der Waals surface area contributed by atoms with E-state index < -0.39 is 6.04 Å². The summed E-state index contributed by atoms with van der Waals surface area (Å²) in [4.78, 5) is 16.8. The summed E-state index contributed by atoms with van der Waals surface area (Å²) in [7, 11) is 3.56. The molecule has 3 heterocycles. The van der Waals surface area contributed by atoms with Gasteiger partial charge in [-0.05, 0) is 19.2 Å². The lowest BCUT2D eigenvalue weighted by Gasteiger charge is -2.13. The van der Waals surface area contributed by atoms with Crippen LogP contribution in [0.15, 0.2) is 40.6 Å². The molecule has 2 N–H and O–H groups in total. The molecule has 0 aliphatic rings. The van der Waals surface area contributed by atoms with E-state index in [0.717, 1.165) is 22.0 Å². The van der Waals surface area contributed by atoms with E-state index in [1.807, 2.05) is 30.8 Å². The maximum atomic E-state index is 12.3. The molecule has 24 heavy (non-hydrogen) atoms. The van der Waals surface area contributed by atoms with Crippen LogP contribution in [0.4, 0.5) is 0 Å². The van der Waals surface area contributed by atoms with Gasteiger partial charge < -0.3 is 15.1 Å². The number of hydrogen-bond donors (Lipinski definition) is 2. The summed E-state index contributed by atoms with van der Waals surface area (Å²) in [6, 6.07) is 3.25. The van der Waals surface area contributed by atoms with Gasteiger partial charge >= 0.3 is 0 Å². The Balaban J connectivity index is 0.00000208. The minimum atomic E-state index is -0.438. The number of carbonyl (C=O) groups is 1. The summed E-state index contributed by atoms with van der Waals surface area (Å²) >= 11 is 1.49. The predicted molar refractivity (Wildman–Crippen MR) is 93.9 cm³/mol. The first kappa shape index (κ1) is 18.2. The Morgan fingerprint density at radius 3 is 2.96 bits per heavy atom. The molecule has 0 saturated heterocycles. The highest BCUT2D eigenvalue weighted by Gasteiger charge is 2.20. The maximum Gasteiger partial charge on any atom is 0.242 e. The predicted octanol–water partition coefficient (Wildman–Crippen LogP) is 2.14. The first-order valence-corrected chi connectivity index (χ1v) is 7.97. The van der Waals surface area contributed by atoms with E-state index in [0.29, 0.717) is 6.54 Å². The molecule has 0 aromatic carbocycles. The van der Waals surface area contributed by atoms with Gasteiger partial charge in [0, 0.05) is 24.2 Å². The second-order valence-electron chi connectivity index (χ2n) is 5.01. The average molecular weight is 368 g/mol. The molecule has 1 amide bonds. The number of hydrogen-bond acceptors (Lipinski definition) is 6. The third-order valence-corrected chi connectivity index (χ3v) is 4.24. The minimum absolute atomic E-state index is 0. The van der Waals surface area contributed by atoms with Crippen molar-refractivity contribution in [1.82, 2.24) is 25.4 Å². The van der Waals surface area contributed by atoms with Gasteiger partial charge in [-0.3, -0.25) is 9.48 Å². The third-order valence-electron chi connectivity index (χ3n) is 3.34. The number of likely N-dealkylation sites (N-methyl/N-ethyl adjacent to an activating group) is 1. The number of thiazole rings is 1. The van der Waals surface area contributed by atoms with Crippen LogP contribution in [0.3, 0.4) is 0 Å². The number of carbonyl (C=O) groups excluding carboxylic acids is 1. The number of aromatic nitrogens is 3. The summed E-state index contributed by atoms with van der Waals surface area (Å²) in [6.45, 7) is 0.370. The monoisotopic (exact) mass is 367 g/mol. The summed E-state index contributed by atoms with van der Waals surface area (Å²) in [5.41, 5.74) is 1.62. The topological polar surface area (TPSA) is 85.0 Å². The van der Waals surface area contributed by atoms with Crippen LogP contribution in [0.5, 0.6) is 0 Å². The smallest absolute Gasteiger partial charge is 0.242 e. The van der Waals surface area contributed by atoms with Gasteiger partial charge in [0.25, 0.3) is 0 Å². The van der Waals surface area contributed by atoms with Crippen molar-refractivity contribution in [1.29, 1.82) is 0 Å². The van der Waals surface area contributed by atoms with E-state index in [4.69, 9.17) is 4.42 Å². The maximum absolute atomic E-state index is 12.3. The lowest BCUT2D eigenvalue weighted by molar-refractivity contribution is -0.123. The molecule has 9 heteroatoms. The van der Waals surface area contributed by atoms with E-state index in [1.54, 1.807) is 24.2 Å². The first-order valence-electron chi connectivity index (χ1n) is 7.09. The number of aryl methyl sites for hydroxylation is 1. The number of rotatable bonds is 6. The minimum Gasteiger partial charge on any atom is -0.462 e. The van der Waals surface area contributed by atoms with Gasteiger partial charge in [-0.1, -0.05) is 0 Å². The zero-order valence-electron chi connectivity index (χ0n) is 13.2. The number of amides is 1. The van der Waals surface area contributed by atoms with Gasteiger partial charge in [0.2, 0.25) is 5.91 Å². The van der Waals surface area contributed by atoms with Crippen molar-refractivity contribution in [2.75, 3.05) is 7.05 Å². The van der Waals surface area contributed by atoms with Crippen molar-refractivity contribution < 1.29 is 9.21 Å². The van der Waals surface area contributed by atoms with Gasteiger partial charge in [-0.25, -0.2) is 4.98 Å². The Hall–Kier alpha value is -2.16. The van der Waals surface area contributed by atoms with Crippen LogP contribution in [0.1, 0.15) is 17.3 Å². The Labute approximate surface area is 149 Å². The van der Waals surface area contributed by atoms with E-state index in [-0.39, 0.29) is 18.3 Å². The lowest BCUT2D eigenvalue weighted by atomic mass is 10.1.